The minimum Gasteiger partial charge on any atom is -0.386 e. The minimum atomic E-state index is -2.84. The second kappa shape index (κ2) is 9.67. The van der Waals surface area contributed by atoms with Crippen LogP contribution in [0, 0.1) is 4.77 Å². The molecule has 2 atom stereocenters. The lowest BCUT2D eigenvalue weighted by Crippen LogP contribution is -2.47. The Balaban J connectivity index is 1.92. The molecule has 2 unspecified atom stereocenters. The van der Waals surface area contributed by atoms with Crippen molar-refractivity contribution < 1.29 is 14.2 Å². The van der Waals surface area contributed by atoms with Crippen LogP contribution in [0.4, 0.5) is 0 Å². The molecule has 11 heteroatoms. The van der Waals surface area contributed by atoms with Gasteiger partial charge in [-0.25, -0.2) is 9.02 Å². The Morgan fingerprint density at radius 1 is 1.30 bits per heavy atom. The lowest BCUT2D eigenvalue weighted by Gasteiger charge is -2.33. The predicted octanol–water partition coefficient (Wildman–Crippen LogP) is 5.35. The van der Waals surface area contributed by atoms with Crippen LogP contribution in [0.1, 0.15) is 38.7 Å². The monoisotopic (exact) mass is 509 g/mol. The molecule has 0 radical (unpaired) electrons. The van der Waals surface area contributed by atoms with Crippen LogP contribution in [0.15, 0.2) is 30.6 Å². The van der Waals surface area contributed by atoms with Gasteiger partial charge in [0.05, 0.1) is 24.6 Å². The zero-order valence-corrected chi connectivity index (χ0v) is 21.0. The fourth-order valence-corrected chi connectivity index (χ4v) is 6.78. The molecule has 0 bridgehead atoms. The number of benzene rings is 1. The van der Waals surface area contributed by atoms with Crippen molar-refractivity contribution >= 4 is 53.9 Å². The Morgan fingerprint density at radius 3 is 2.60 bits per heavy atom. The topological polar surface area (TPSA) is 61.4 Å². The zero-order valence-electron chi connectivity index (χ0n) is 17.0. The van der Waals surface area contributed by atoms with E-state index in [0.717, 1.165) is 12.0 Å². The molecule has 0 aliphatic heterocycles. The van der Waals surface area contributed by atoms with Crippen LogP contribution in [-0.2, 0) is 33.8 Å². The first-order valence-corrected chi connectivity index (χ1v) is 13.6. The lowest BCUT2D eigenvalue weighted by molar-refractivity contribution is 0.00722. The number of nitrogens with zero attached hydrogens (tertiary/aromatic N) is 3. The van der Waals surface area contributed by atoms with E-state index in [1.54, 1.807) is 15.1 Å². The van der Waals surface area contributed by atoms with E-state index in [1.165, 1.54) is 6.33 Å². The van der Waals surface area contributed by atoms with Gasteiger partial charge in [-0.1, -0.05) is 36.7 Å². The number of rotatable bonds is 11. The molecule has 1 N–H and O–H groups in total. The maximum atomic E-state index is 11.6. The normalized spacial score (nSPS) is 19.2. The Labute approximate surface area is 197 Å². The van der Waals surface area contributed by atoms with Crippen molar-refractivity contribution in [3.05, 3.63) is 45.9 Å². The maximum Gasteiger partial charge on any atom is 0.297 e. The first kappa shape index (κ1) is 24.3. The fourth-order valence-electron chi connectivity index (χ4n) is 3.27. The van der Waals surface area contributed by atoms with Crippen LogP contribution in [0.2, 0.25) is 5.02 Å². The Hall–Kier alpha value is -0.310. The van der Waals surface area contributed by atoms with E-state index in [9.17, 15) is 5.11 Å². The van der Waals surface area contributed by atoms with Gasteiger partial charge in [-0.05, 0) is 61.8 Å². The largest absolute Gasteiger partial charge is 0.386 e. The molecular formula is C19H26Cl2N3O3PS2. The maximum absolute atomic E-state index is 11.6. The van der Waals surface area contributed by atoms with Crippen molar-refractivity contribution in [1.29, 1.82) is 0 Å². The number of hydrogen-bond donors (Lipinski definition) is 1. The molecule has 0 spiro atoms. The summed E-state index contributed by atoms with van der Waals surface area (Å²) in [5.41, 5.74) is -0.458. The summed E-state index contributed by atoms with van der Waals surface area (Å²) in [6.07, 6.45) is 4.04. The van der Waals surface area contributed by atoms with Gasteiger partial charge in [0.1, 0.15) is 11.9 Å². The van der Waals surface area contributed by atoms with Crippen LogP contribution in [-0.4, -0.2) is 42.9 Å². The summed E-state index contributed by atoms with van der Waals surface area (Å²) >= 11 is 24.4. The van der Waals surface area contributed by atoms with Crippen LogP contribution < -0.4 is 0 Å². The molecule has 1 aliphatic rings. The highest BCUT2D eigenvalue weighted by Crippen LogP contribution is 2.54. The molecule has 1 aliphatic carbocycles. The summed E-state index contributed by atoms with van der Waals surface area (Å²) in [5.74, 6) is 0. The Kier molecular flexibility index (Phi) is 7.85. The van der Waals surface area contributed by atoms with E-state index in [1.807, 2.05) is 32.0 Å². The molecule has 1 aromatic heterocycles. The lowest BCUT2D eigenvalue weighted by atomic mass is 9.89. The van der Waals surface area contributed by atoms with Crippen LogP contribution in [0.3, 0.4) is 0 Å². The second-order valence-electron chi connectivity index (χ2n) is 7.40. The highest BCUT2D eigenvalue weighted by atomic mass is 35.5. The molecule has 6 nitrogen and oxygen atoms in total. The molecule has 2 aromatic rings. The van der Waals surface area contributed by atoms with Crippen molar-refractivity contribution in [2.75, 3.05) is 13.2 Å². The molecule has 0 amide bonds. The van der Waals surface area contributed by atoms with Crippen molar-refractivity contribution in [2.45, 2.75) is 56.6 Å². The molecule has 3 rings (SSSR count). The first-order chi connectivity index (χ1) is 14.2. The molecule has 30 heavy (non-hydrogen) atoms. The van der Waals surface area contributed by atoms with Gasteiger partial charge in [0, 0.05) is 11.4 Å². The number of aromatic nitrogens is 3. The van der Waals surface area contributed by atoms with Gasteiger partial charge in [-0.3, -0.25) is 0 Å². The van der Waals surface area contributed by atoms with Crippen molar-refractivity contribution in [3.8, 4) is 0 Å². The zero-order chi connectivity index (χ0) is 22.0. The highest BCUT2D eigenvalue weighted by molar-refractivity contribution is 8.09. The second-order valence-corrected chi connectivity index (χ2v) is 12.2. The number of halogens is 2. The molecule has 0 saturated heterocycles. The van der Waals surface area contributed by atoms with E-state index in [-0.39, 0.29) is 13.0 Å². The summed E-state index contributed by atoms with van der Waals surface area (Å²) in [4.78, 5) is -0.746. The number of alkyl halides is 1. The van der Waals surface area contributed by atoms with E-state index in [2.05, 4.69) is 5.10 Å². The first-order valence-electron chi connectivity index (χ1n) is 9.87. The van der Waals surface area contributed by atoms with Gasteiger partial charge in [0.25, 0.3) is 6.64 Å². The molecule has 1 saturated carbocycles. The fraction of sp³-hybridized carbons (Fsp3) is 0.579. The van der Waals surface area contributed by atoms with Crippen LogP contribution in [0.5, 0.6) is 0 Å². The molecule has 166 valence electrons. The average molecular weight is 510 g/mol. The smallest absolute Gasteiger partial charge is 0.297 e. The average Bonchev–Trinajstić information content (AvgIpc) is 3.37. The Bertz CT molecular complexity index is 995. The van der Waals surface area contributed by atoms with Crippen molar-refractivity contribution in [3.63, 3.8) is 0 Å². The molecule has 1 aromatic carbocycles. The number of hydrogen-bond acceptors (Lipinski definition) is 6. The van der Waals surface area contributed by atoms with Gasteiger partial charge >= 0.3 is 0 Å². The van der Waals surface area contributed by atoms with Gasteiger partial charge in [0.2, 0.25) is 4.77 Å². The quantitative estimate of drug-likeness (QED) is 0.250. The predicted molar refractivity (Wildman–Crippen MR) is 127 cm³/mol. The third-order valence-corrected chi connectivity index (χ3v) is 9.82. The van der Waals surface area contributed by atoms with E-state index in [4.69, 9.17) is 56.3 Å². The standard InChI is InChI=1S/C19H26Cl2N3O3PS2/c1-3-11-27-28(30,26-4-2)24-14-22-23(17(24)29)13-19(25,18(21)9-10-18)12-15-7-5-6-8-16(15)20/h5-8,14,25H,3-4,9-13H2,1-2H3. The van der Waals surface area contributed by atoms with Crippen LogP contribution >= 0.6 is 42.1 Å². The van der Waals surface area contributed by atoms with Gasteiger partial charge in [0.15, 0.2) is 0 Å². The third-order valence-electron chi connectivity index (χ3n) is 5.11. The summed E-state index contributed by atoms with van der Waals surface area (Å²) in [6.45, 7) is 1.99. The SMILES string of the molecule is CCCOP(=S)(OCC)n1cnn(CC(O)(Cc2ccccc2Cl)C2(Cl)CC2)c1=S. The molecule has 1 heterocycles. The summed E-state index contributed by atoms with van der Waals surface area (Å²) in [7, 11) is 0. The Morgan fingerprint density at radius 2 is 2.00 bits per heavy atom. The minimum absolute atomic E-state index is 0.114. The van der Waals surface area contributed by atoms with Crippen molar-refractivity contribution in [1.82, 2.24) is 14.1 Å². The van der Waals surface area contributed by atoms with E-state index < -0.39 is 17.1 Å². The molecular weight excluding hydrogens is 484 g/mol. The van der Waals surface area contributed by atoms with Crippen LogP contribution in [0.25, 0.3) is 0 Å². The third kappa shape index (κ3) is 5.02. The number of aliphatic hydroxyl groups is 1. The van der Waals surface area contributed by atoms with Gasteiger partial charge in [-0.2, -0.15) is 5.10 Å². The van der Waals surface area contributed by atoms with Gasteiger partial charge in [-0.15, -0.1) is 11.6 Å². The summed E-state index contributed by atoms with van der Waals surface area (Å²) in [5, 5.41) is 16.6. The van der Waals surface area contributed by atoms with Crippen molar-refractivity contribution in [2.24, 2.45) is 0 Å². The van der Waals surface area contributed by atoms with E-state index >= 15 is 0 Å². The summed E-state index contributed by atoms with van der Waals surface area (Å²) < 4.78 is 15.1. The summed E-state index contributed by atoms with van der Waals surface area (Å²) in [6, 6.07) is 7.43. The highest BCUT2D eigenvalue weighted by Gasteiger charge is 2.58. The van der Waals surface area contributed by atoms with E-state index in [0.29, 0.717) is 35.8 Å². The molecule has 1 fully saturated rings. The van der Waals surface area contributed by atoms with Gasteiger partial charge < -0.3 is 14.2 Å².